The number of nitrogens with zero attached hydrogens (tertiary/aromatic N) is 3. The fourth-order valence-corrected chi connectivity index (χ4v) is 3.38. The second-order valence-corrected chi connectivity index (χ2v) is 7.66. The zero-order valence-electron chi connectivity index (χ0n) is 15.3. The van der Waals surface area contributed by atoms with Crippen LogP contribution in [0.2, 0.25) is 0 Å². The Kier molecular flexibility index (Phi) is 6.01. The standard InChI is InChI=1S/C20H29N3O/c1-16(2)18(15-21)22-10-12-23(13-11-22)19(24)14-20(3,4)17-8-6-5-7-9-17/h5-9,16,18H,10-14H2,1-4H3. The maximum absolute atomic E-state index is 12.7. The molecule has 0 aromatic heterocycles. The monoisotopic (exact) mass is 327 g/mol. The molecule has 0 spiro atoms. The predicted octanol–water partition coefficient (Wildman–Crippen LogP) is 3.05. The lowest BCUT2D eigenvalue weighted by Crippen LogP contribution is -2.53. The normalized spacial score (nSPS) is 17.6. The minimum absolute atomic E-state index is 0.0528. The lowest BCUT2D eigenvalue weighted by molar-refractivity contribution is -0.134. The Balaban J connectivity index is 1.93. The molecule has 2 rings (SSSR count). The molecule has 1 atom stereocenters. The van der Waals surface area contributed by atoms with Gasteiger partial charge >= 0.3 is 0 Å². The van der Waals surface area contributed by atoms with Gasteiger partial charge in [-0.15, -0.1) is 0 Å². The minimum Gasteiger partial charge on any atom is -0.340 e. The highest BCUT2D eigenvalue weighted by Gasteiger charge is 2.31. The van der Waals surface area contributed by atoms with Gasteiger partial charge in [0.2, 0.25) is 5.91 Å². The number of benzene rings is 1. The lowest BCUT2D eigenvalue weighted by atomic mass is 9.81. The van der Waals surface area contributed by atoms with Crippen molar-refractivity contribution in [1.82, 2.24) is 9.80 Å². The molecule has 24 heavy (non-hydrogen) atoms. The summed E-state index contributed by atoms with van der Waals surface area (Å²) in [4.78, 5) is 16.9. The second kappa shape index (κ2) is 7.81. The third-order valence-corrected chi connectivity index (χ3v) is 4.97. The van der Waals surface area contributed by atoms with Gasteiger partial charge in [-0.1, -0.05) is 58.0 Å². The minimum atomic E-state index is -0.164. The van der Waals surface area contributed by atoms with Crippen LogP contribution >= 0.6 is 0 Å². The van der Waals surface area contributed by atoms with Crippen molar-refractivity contribution >= 4 is 5.91 Å². The summed E-state index contributed by atoms with van der Waals surface area (Å²) in [6, 6.07) is 12.6. The molecule has 1 amide bonds. The van der Waals surface area contributed by atoms with E-state index in [4.69, 9.17) is 0 Å². The van der Waals surface area contributed by atoms with E-state index < -0.39 is 0 Å². The number of rotatable bonds is 5. The molecule has 1 aromatic carbocycles. The molecule has 0 aliphatic carbocycles. The first-order valence-electron chi connectivity index (χ1n) is 8.82. The third-order valence-electron chi connectivity index (χ3n) is 4.97. The van der Waals surface area contributed by atoms with Crippen LogP contribution in [-0.4, -0.2) is 47.9 Å². The van der Waals surface area contributed by atoms with Crippen molar-refractivity contribution in [2.45, 2.75) is 45.6 Å². The first-order chi connectivity index (χ1) is 11.3. The smallest absolute Gasteiger partial charge is 0.223 e. The maximum atomic E-state index is 12.7. The van der Waals surface area contributed by atoms with Crippen molar-refractivity contribution in [2.75, 3.05) is 26.2 Å². The van der Waals surface area contributed by atoms with Gasteiger partial charge < -0.3 is 4.90 Å². The predicted molar refractivity (Wildman–Crippen MR) is 96.5 cm³/mol. The molecule has 4 heteroatoms. The summed E-state index contributed by atoms with van der Waals surface area (Å²) >= 11 is 0. The van der Waals surface area contributed by atoms with Crippen molar-refractivity contribution in [3.8, 4) is 6.07 Å². The fourth-order valence-electron chi connectivity index (χ4n) is 3.38. The Morgan fingerprint density at radius 2 is 1.75 bits per heavy atom. The van der Waals surface area contributed by atoms with Gasteiger partial charge in [0.15, 0.2) is 0 Å². The molecule has 0 bridgehead atoms. The largest absolute Gasteiger partial charge is 0.340 e. The van der Waals surface area contributed by atoms with E-state index in [9.17, 15) is 10.1 Å². The van der Waals surface area contributed by atoms with E-state index in [0.717, 1.165) is 13.1 Å². The summed E-state index contributed by atoms with van der Waals surface area (Å²) in [6.45, 7) is 11.4. The average Bonchev–Trinajstić information content (AvgIpc) is 2.56. The van der Waals surface area contributed by atoms with Gasteiger partial charge in [-0.05, 0) is 16.9 Å². The van der Waals surface area contributed by atoms with Crippen LogP contribution in [0, 0.1) is 17.2 Å². The number of carbonyl (C=O) groups excluding carboxylic acids is 1. The Hall–Kier alpha value is -1.86. The van der Waals surface area contributed by atoms with Crippen LogP contribution in [0.3, 0.4) is 0 Å². The molecule has 1 aliphatic rings. The van der Waals surface area contributed by atoms with Crippen LogP contribution in [0.25, 0.3) is 0 Å². The van der Waals surface area contributed by atoms with Crippen LogP contribution in [0.1, 0.15) is 39.7 Å². The van der Waals surface area contributed by atoms with E-state index in [0.29, 0.717) is 25.4 Å². The summed E-state index contributed by atoms with van der Waals surface area (Å²) in [5.41, 5.74) is 1.03. The molecule has 0 N–H and O–H groups in total. The summed E-state index contributed by atoms with van der Waals surface area (Å²) in [7, 11) is 0. The van der Waals surface area contributed by atoms with Crippen molar-refractivity contribution < 1.29 is 4.79 Å². The summed E-state index contributed by atoms with van der Waals surface area (Å²) in [6.07, 6.45) is 0.517. The number of piperazine rings is 1. The van der Waals surface area contributed by atoms with E-state index >= 15 is 0 Å². The highest BCUT2D eigenvalue weighted by atomic mass is 16.2. The molecule has 0 saturated carbocycles. The van der Waals surface area contributed by atoms with Crippen molar-refractivity contribution in [2.24, 2.45) is 5.92 Å². The maximum Gasteiger partial charge on any atom is 0.223 e. The second-order valence-electron chi connectivity index (χ2n) is 7.66. The first kappa shape index (κ1) is 18.5. The lowest BCUT2D eigenvalue weighted by Gasteiger charge is -2.39. The van der Waals surface area contributed by atoms with E-state index in [1.165, 1.54) is 5.56 Å². The molecule has 1 aliphatic heterocycles. The molecule has 1 heterocycles. The molecule has 1 saturated heterocycles. The zero-order valence-corrected chi connectivity index (χ0v) is 15.3. The van der Waals surface area contributed by atoms with Crippen molar-refractivity contribution in [1.29, 1.82) is 5.26 Å². The third kappa shape index (κ3) is 4.36. The Morgan fingerprint density at radius 3 is 2.25 bits per heavy atom. The van der Waals surface area contributed by atoms with Crippen LogP contribution in [0.15, 0.2) is 30.3 Å². The van der Waals surface area contributed by atoms with Crippen LogP contribution in [-0.2, 0) is 10.2 Å². The van der Waals surface area contributed by atoms with E-state index in [-0.39, 0.29) is 17.4 Å². The van der Waals surface area contributed by atoms with Gasteiger partial charge in [0.1, 0.15) is 6.04 Å². The highest BCUT2D eigenvalue weighted by Crippen LogP contribution is 2.28. The van der Waals surface area contributed by atoms with Gasteiger partial charge in [-0.25, -0.2) is 0 Å². The quantitative estimate of drug-likeness (QED) is 0.835. The van der Waals surface area contributed by atoms with E-state index in [1.807, 2.05) is 23.1 Å². The molecule has 0 radical (unpaired) electrons. The highest BCUT2D eigenvalue weighted by molar-refractivity contribution is 5.78. The molecular weight excluding hydrogens is 298 g/mol. The van der Waals surface area contributed by atoms with Crippen LogP contribution in [0.5, 0.6) is 0 Å². The van der Waals surface area contributed by atoms with Gasteiger partial charge in [0.05, 0.1) is 6.07 Å². The molecule has 4 nitrogen and oxygen atoms in total. The number of nitriles is 1. The number of carbonyl (C=O) groups is 1. The molecular formula is C20H29N3O. The van der Waals surface area contributed by atoms with Crippen molar-refractivity contribution in [3.63, 3.8) is 0 Å². The van der Waals surface area contributed by atoms with Gasteiger partial charge in [0.25, 0.3) is 0 Å². The molecule has 1 aromatic rings. The Bertz CT molecular complexity index is 581. The van der Waals surface area contributed by atoms with Gasteiger partial charge in [0, 0.05) is 32.6 Å². The Morgan fingerprint density at radius 1 is 1.17 bits per heavy atom. The van der Waals surface area contributed by atoms with E-state index in [2.05, 4.69) is 50.8 Å². The number of hydrogen-bond donors (Lipinski definition) is 0. The van der Waals surface area contributed by atoms with Crippen LogP contribution in [0.4, 0.5) is 0 Å². The van der Waals surface area contributed by atoms with Gasteiger partial charge in [-0.2, -0.15) is 5.26 Å². The number of amides is 1. The van der Waals surface area contributed by atoms with Crippen LogP contribution < -0.4 is 0 Å². The SMILES string of the molecule is CC(C)C(C#N)N1CCN(C(=O)CC(C)(C)c2ccccc2)CC1. The molecule has 130 valence electrons. The number of hydrogen-bond acceptors (Lipinski definition) is 3. The molecule has 1 unspecified atom stereocenters. The topological polar surface area (TPSA) is 47.3 Å². The molecule has 1 fully saturated rings. The first-order valence-corrected chi connectivity index (χ1v) is 8.82. The zero-order chi connectivity index (χ0) is 17.7. The van der Waals surface area contributed by atoms with Crippen molar-refractivity contribution in [3.05, 3.63) is 35.9 Å². The fraction of sp³-hybridized carbons (Fsp3) is 0.600. The summed E-state index contributed by atoms with van der Waals surface area (Å²) < 4.78 is 0. The average molecular weight is 327 g/mol. The van der Waals surface area contributed by atoms with Gasteiger partial charge in [-0.3, -0.25) is 9.69 Å². The summed E-state index contributed by atoms with van der Waals surface area (Å²) in [5.74, 6) is 0.524. The van der Waals surface area contributed by atoms with E-state index in [1.54, 1.807) is 0 Å². The Labute approximate surface area is 146 Å². The summed E-state index contributed by atoms with van der Waals surface area (Å²) in [5, 5.41) is 9.33.